The SMILES string of the molecule is Cc1cc(C(=O)N2CC(F)CC2Cn2cc(C(N)=O)nn2)n[nH]1. The third kappa shape index (κ3) is 3.05. The van der Waals surface area contributed by atoms with Crippen molar-refractivity contribution < 1.29 is 14.0 Å². The van der Waals surface area contributed by atoms with Crippen molar-refractivity contribution in [3.8, 4) is 0 Å². The van der Waals surface area contributed by atoms with Crippen LogP contribution < -0.4 is 5.73 Å². The molecule has 122 valence electrons. The molecule has 0 saturated carbocycles. The fourth-order valence-electron chi connectivity index (χ4n) is 2.67. The second-order valence-electron chi connectivity index (χ2n) is 5.57. The normalized spacial score (nSPS) is 20.9. The van der Waals surface area contributed by atoms with E-state index in [2.05, 4.69) is 20.5 Å². The van der Waals surface area contributed by atoms with Gasteiger partial charge in [-0.15, -0.1) is 5.10 Å². The average molecular weight is 321 g/mol. The molecule has 0 aromatic carbocycles. The number of halogens is 1. The molecule has 3 heterocycles. The van der Waals surface area contributed by atoms with E-state index in [0.717, 1.165) is 5.69 Å². The zero-order chi connectivity index (χ0) is 16.6. The molecule has 2 aromatic heterocycles. The van der Waals surface area contributed by atoms with Crippen LogP contribution in [0.25, 0.3) is 0 Å². The van der Waals surface area contributed by atoms with E-state index in [4.69, 9.17) is 5.73 Å². The number of primary amides is 1. The smallest absolute Gasteiger partial charge is 0.274 e. The van der Waals surface area contributed by atoms with E-state index in [1.165, 1.54) is 15.8 Å². The molecule has 0 spiro atoms. The lowest BCUT2D eigenvalue weighted by Crippen LogP contribution is -2.38. The van der Waals surface area contributed by atoms with Gasteiger partial charge in [-0.2, -0.15) is 5.10 Å². The van der Waals surface area contributed by atoms with Crippen LogP contribution in [0, 0.1) is 6.92 Å². The van der Waals surface area contributed by atoms with Crippen LogP contribution in [-0.4, -0.2) is 60.7 Å². The molecule has 1 aliphatic rings. The highest BCUT2D eigenvalue weighted by molar-refractivity contribution is 5.93. The van der Waals surface area contributed by atoms with Crippen molar-refractivity contribution in [3.05, 3.63) is 29.3 Å². The first-order valence-electron chi connectivity index (χ1n) is 7.11. The van der Waals surface area contributed by atoms with Gasteiger partial charge in [-0.1, -0.05) is 5.21 Å². The zero-order valence-electron chi connectivity index (χ0n) is 12.4. The van der Waals surface area contributed by atoms with Crippen molar-refractivity contribution in [3.63, 3.8) is 0 Å². The Hall–Kier alpha value is -2.78. The summed E-state index contributed by atoms with van der Waals surface area (Å²) in [6.45, 7) is 2.02. The summed E-state index contributed by atoms with van der Waals surface area (Å²) in [7, 11) is 0. The van der Waals surface area contributed by atoms with E-state index in [1.54, 1.807) is 13.0 Å². The molecule has 10 heteroatoms. The van der Waals surface area contributed by atoms with Gasteiger partial charge in [0.2, 0.25) is 0 Å². The molecule has 2 unspecified atom stereocenters. The fourth-order valence-corrected chi connectivity index (χ4v) is 2.67. The summed E-state index contributed by atoms with van der Waals surface area (Å²) < 4.78 is 15.2. The average Bonchev–Trinajstić information content (AvgIpc) is 3.19. The van der Waals surface area contributed by atoms with Gasteiger partial charge >= 0.3 is 0 Å². The first-order valence-corrected chi connectivity index (χ1v) is 7.11. The number of carbonyl (C=O) groups is 2. The Morgan fingerprint density at radius 1 is 1.48 bits per heavy atom. The summed E-state index contributed by atoms with van der Waals surface area (Å²) in [4.78, 5) is 24.9. The minimum absolute atomic E-state index is 0.00673. The van der Waals surface area contributed by atoms with Crippen LogP contribution in [0.3, 0.4) is 0 Å². The van der Waals surface area contributed by atoms with Gasteiger partial charge in [0, 0.05) is 12.1 Å². The number of nitrogens with two attached hydrogens (primary N) is 1. The Morgan fingerprint density at radius 2 is 2.26 bits per heavy atom. The lowest BCUT2D eigenvalue weighted by molar-refractivity contribution is 0.0708. The number of hydrogen-bond acceptors (Lipinski definition) is 5. The minimum Gasteiger partial charge on any atom is -0.364 e. The summed E-state index contributed by atoms with van der Waals surface area (Å²) in [6, 6.07) is 1.22. The summed E-state index contributed by atoms with van der Waals surface area (Å²) >= 11 is 0. The van der Waals surface area contributed by atoms with Crippen molar-refractivity contribution >= 4 is 11.8 Å². The van der Waals surface area contributed by atoms with Crippen LogP contribution in [0.4, 0.5) is 4.39 Å². The Kier molecular flexibility index (Phi) is 3.80. The molecule has 1 saturated heterocycles. The highest BCUT2D eigenvalue weighted by Crippen LogP contribution is 2.23. The summed E-state index contributed by atoms with van der Waals surface area (Å²) in [5, 5.41) is 14.0. The number of amides is 2. The van der Waals surface area contributed by atoms with Crippen LogP contribution in [0.15, 0.2) is 12.3 Å². The summed E-state index contributed by atoms with van der Waals surface area (Å²) in [5.41, 5.74) is 6.15. The maximum atomic E-state index is 13.8. The van der Waals surface area contributed by atoms with Crippen LogP contribution >= 0.6 is 0 Å². The topological polar surface area (TPSA) is 123 Å². The highest BCUT2D eigenvalue weighted by Gasteiger charge is 2.37. The molecule has 23 heavy (non-hydrogen) atoms. The molecule has 9 nitrogen and oxygen atoms in total. The van der Waals surface area contributed by atoms with Crippen molar-refractivity contribution in [1.82, 2.24) is 30.1 Å². The van der Waals surface area contributed by atoms with E-state index in [1.807, 2.05) is 0 Å². The Bertz CT molecular complexity index is 740. The van der Waals surface area contributed by atoms with E-state index in [9.17, 15) is 14.0 Å². The highest BCUT2D eigenvalue weighted by atomic mass is 19.1. The summed E-state index contributed by atoms with van der Waals surface area (Å²) in [6.07, 6.45) is 0.471. The van der Waals surface area contributed by atoms with Crippen LogP contribution in [0.2, 0.25) is 0 Å². The number of alkyl halides is 1. The van der Waals surface area contributed by atoms with E-state index in [0.29, 0.717) is 0 Å². The van der Waals surface area contributed by atoms with Crippen LogP contribution in [0.5, 0.6) is 0 Å². The molecular formula is C13H16FN7O2. The van der Waals surface area contributed by atoms with Gasteiger partial charge in [0.05, 0.1) is 25.3 Å². The van der Waals surface area contributed by atoms with Gasteiger partial charge in [0.25, 0.3) is 11.8 Å². The molecule has 1 fully saturated rings. The molecule has 0 radical (unpaired) electrons. The number of hydrogen-bond donors (Lipinski definition) is 2. The zero-order valence-corrected chi connectivity index (χ0v) is 12.4. The molecule has 2 aromatic rings. The second-order valence-corrected chi connectivity index (χ2v) is 5.57. The Morgan fingerprint density at radius 3 is 2.87 bits per heavy atom. The van der Waals surface area contributed by atoms with Gasteiger partial charge in [-0.05, 0) is 13.0 Å². The number of rotatable bonds is 4. The number of nitrogens with zero attached hydrogens (tertiary/aromatic N) is 5. The second kappa shape index (κ2) is 5.78. The van der Waals surface area contributed by atoms with Crippen LogP contribution in [0.1, 0.15) is 33.1 Å². The van der Waals surface area contributed by atoms with Crippen molar-refractivity contribution in [2.75, 3.05) is 6.54 Å². The van der Waals surface area contributed by atoms with Gasteiger partial charge in [0.1, 0.15) is 11.9 Å². The number of likely N-dealkylation sites (tertiary alicyclic amines) is 1. The first kappa shape index (κ1) is 15.1. The third-order valence-corrected chi connectivity index (χ3v) is 3.74. The number of nitrogens with one attached hydrogen (secondary N) is 1. The van der Waals surface area contributed by atoms with Gasteiger partial charge < -0.3 is 10.6 Å². The maximum Gasteiger partial charge on any atom is 0.274 e. The number of aromatic nitrogens is 5. The molecule has 2 atom stereocenters. The van der Waals surface area contributed by atoms with E-state index < -0.39 is 18.1 Å². The van der Waals surface area contributed by atoms with Crippen LogP contribution in [-0.2, 0) is 6.54 Å². The largest absolute Gasteiger partial charge is 0.364 e. The van der Waals surface area contributed by atoms with Crippen molar-refractivity contribution in [2.24, 2.45) is 5.73 Å². The molecule has 3 rings (SSSR count). The number of H-pyrrole nitrogens is 1. The van der Waals surface area contributed by atoms with Gasteiger partial charge in [-0.3, -0.25) is 14.7 Å². The number of aryl methyl sites for hydroxylation is 1. The molecule has 1 aliphatic heterocycles. The Balaban J connectivity index is 1.76. The standard InChI is InChI=1S/C13H16FN7O2/c1-7-2-10(17-16-7)13(23)21-4-8(14)3-9(21)5-20-6-11(12(15)22)18-19-20/h2,6,8-9H,3-5H2,1H3,(H2,15,22)(H,16,17). The quantitative estimate of drug-likeness (QED) is 0.797. The lowest BCUT2D eigenvalue weighted by Gasteiger charge is -2.23. The van der Waals surface area contributed by atoms with E-state index in [-0.39, 0.29) is 36.8 Å². The fraction of sp³-hybridized carbons (Fsp3) is 0.462. The number of carbonyl (C=O) groups excluding carboxylic acids is 2. The van der Waals surface area contributed by atoms with Gasteiger partial charge in [0.15, 0.2) is 5.69 Å². The lowest BCUT2D eigenvalue weighted by atomic mass is 10.2. The van der Waals surface area contributed by atoms with E-state index >= 15 is 0 Å². The third-order valence-electron chi connectivity index (χ3n) is 3.74. The molecule has 0 bridgehead atoms. The predicted octanol–water partition coefficient (Wildman–Crippen LogP) is -0.339. The molecule has 2 amide bonds. The maximum absolute atomic E-state index is 13.8. The molecule has 3 N–H and O–H groups in total. The van der Waals surface area contributed by atoms with Gasteiger partial charge in [-0.25, -0.2) is 9.07 Å². The predicted molar refractivity (Wildman–Crippen MR) is 76.2 cm³/mol. The minimum atomic E-state index is -1.11. The molecule has 0 aliphatic carbocycles. The molecular weight excluding hydrogens is 305 g/mol. The monoisotopic (exact) mass is 321 g/mol. The van der Waals surface area contributed by atoms with Crippen molar-refractivity contribution in [1.29, 1.82) is 0 Å². The number of aromatic amines is 1. The Labute approximate surface area is 130 Å². The van der Waals surface area contributed by atoms with Crippen molar-refractivity contribution in [2.45, 2.75) is 32.1 Å². The first-order chi connectivity index (χ1) is 10.9. The summed E-state index contributed by atoms with van der Waals surface area (Å²) in [5.74, 6) is -1.03.